The summed E-state index contributed by atoms with van der Waals surface area (Å²) in [6.07, 6.45) is 4.88. The maximum absolute atomic E-state index is 12.1. The fraction of sp³-hybridized carbons (Fsp3) is 0.533. The van der Waals surface area contributed by atoms with Gasteiger partial charge in [-0.05, 0) is 31.4 Å². The van der Waals surface area contributed by atoms with Gasteiger partial charge in [0.15, 0.2) is 0 Å². The Hall–Kier alpha value is -0.960. The fourth-order valence-electron chi connectivity index (χ4n) is 2.27. The zero-order valence-corrected chi connectivity index (χ0v) is 11.8. The molecule has 0 spiro atoms. The molecule has 0 aliphatic carbocycles. The molecule has 1 fully saturated rings. The molecule has 0 bridgehead atoms. The van der Waals surface area contributed by atoms with Crippen molar-refractivity contribution in [3.63, 3.8) is 0 Å². The molecule has 3 heteroatoms. The third-order valence-electron chi connectivity index (χ3n) is 3.40. The smallest absolute Gasteiger partial charge is 0.232 e. The van der Waals surface area contributed by atoms with E-state index in [0.717, 1.165) is 13.1 Å². The lowest BCUT2D eigenvalue weighted by atomic mass is 10.2. The molecule has 0 saturated carbocycles. The lowest BCUT2D eigenvalue weighted by molar-refractivity contribution is -0.128. The molecule has 1 aromatic carbocycles. The van der Waals surface area contributed by atoms with Gasteiger partial charge < -0.3 is 4.90 Å². The lowest BCUT2D eigenvalue weighted by Crippen LogP contribution is -2.33. The molecule has 1 aromatic rings. The van der Waals surface area contributed by atoms with Gasteiger partial charge in [-0.15, -0.1) is 11.8 Å². The topological polar surface area (TPSA) is 20.3 Å². The van der Waals surface area contributed by atoms with Crippen LogP contribution in [0.5, 0.6) is 0 Å². The molecule has 1 amide bonds. The molecule has 0 atom stereocenters. The number of benzene rings is 1. The molecule has 1 saturated heterocycles. The summed E-state index contributed by atoms with van der Waals surface area (Å²) in [7, 11) is 0. The van der Waals surface area contributed by atoms with Crippen LogP contribution in [0, 0.1) is 6.92 Å². The minimum absolute atomic E-state index is 0.296. The number of likely N-dealkylation sites (tertiary alicyclic amines) is 1. The van der Waals surface area contributed by atoms with E-state index >= 15 is 0 Å². The number of carbonyl (C=O) groups is 1. The second-order valence-corrected chi connectivity index (χ2v) is 5.87. The van der Waals surface area contributed by atoms with E-state index in [1.165, 1.54) is 36.1 Å². The standard InChI is InChI=1S/C15H21NOS/c1-13-8-4-5-9-14(13)18-12-15(17)16-10-6-2-3-7-11-16/h4-5,8-9H,2-3,6-7,10-12H2,1H3. The average Bonchev–Trinajstić information content (AvgIpc) is 2.66. The van der Waals surface area contributed by atoms with Crippen LogP contribution in [0.15, 0.2) is 29.2 Å². The van der Waals surface area contributed by atoms with Gasteiger partial charge in [0.25, 0.3) is 0 Å². The number of hydrogen-bond donors (Lipinski definition) is 0. The van der Waals surface area contributed by atoms with E-state index in [4.69, 9.17) is 0 Å². The minimum atomic E-state index is 0.296. The van der Waals surface area contributed by atoms with E-state index in [-0.39, 0.29) is 0 Å². The first-order valence-corrected chi connectivity index (χ1v) is 7.72. The van der Waals surface area contributed by atoms with Crippen LogP contribution < -0.4 is 0 Å². The normalized spacial score (nSPS) is 16.4. The molecule has 1 aliphatic rings. The Balaban J connectivity index is 1.86. The van der Waals surface area contributed by atoms with Gasteiger partial charge in [-0.3, -0.25) is 4.79 Å². The second-order valence-electron chi connectivity index (χ2n) is 4.85. The molecule has 1 heterocycles. The van der Waals surface area contributed by atoms with Crippen molar-refractivity contribution >= 4 is 17.7 Å². The van der Waals surface area contributed by atoms with Gasteiger partial charge in [0.05, 0.1) is 5.75 Å². The first-order valence-electron chi connectivity index (χ1n) is 6.73. The number of carbonyl (C=O) groups excluding carboxylic acids is 1. The van der Waals surface area contributed by atoms with Gasteiger partial charge in [0, 0.05) is 18.0 Å². The fourth-order valence-corrected chi connectivity index (χ4v) is 3.20. The predicted molar refractivity (Wildman–Crippen MR) is 77.0 cm³/mol. The van der Waals surface area contributed by atoms with E-state index in [2.05, 4.69) is 19.1 Å². The highest BCUT2D eigenvalue weighted by molar-refractivity contribution is 8.00. The molecular formula is C15H21NOS. The molecule has 0 unspecified atom stereocenters. The Labute approximate surface area is 114 Å². The minimum Gasteiger partial charge on any atom is -0.342 e. The third-order valence-corrected chi connectivity index (χ3v) is 4.56. The highest BCUT2D eigenvalue weighted by Gasteiger charge is 2.15. The summed E-state index contributed by atoms with van der Waals surface area (Å²) < 4.78 is 0. The van der Waals surface area contributed by atoms with Crippen LogP contribution in [0.4, 0.5) is 0 Å². The van der Waals surface area contributed by atoms with E-state index in [1.807, 2.05) is 17.0 Å². The first-order chi connectivity index (χ1) is 8.77. The Morgan fingerprint density at radius 3 is 2.50 bits per heavy atom. The molecule has 18 heavy (non-hydrogen) atoms. The molecule has 0 radical (unpaired) electrons. The predicted octanol–water partition coefficient (Wildman–Crippen LogP) is 3.49. The number of nitrogens with zero attached hydrogens (tertiary/aromatic N) is 1. The van der Waals surface area contributed by atoms with Gasteiger partial charge in [-0.1, -0.05) is 31.0 Å². The summed E-state index contributed by atoms with van der Waals surface area (Å²) in [5.74, 6) is 0.871. The maximum atomic E-state index is 12.1. The van der Waals surface area contributed by atoms with Gasteiger partial charge in [0.2, 0.25) is 5.91 Å². The van der Waals surface area contributed by atoms with Crippen molar-refractivity contribution in [2.75, 3.05) is 18.8 Å². The molecule has 0 aromatic heterocycles. The van der Waals surface area contributed by atoms with Gasteiger partial charge in [0.1, 0.15) is 0 Å². The van der Waals surface area contributed by atoms with E-state index in [9.17, 15) is 4.79 Å². The second kappa shape index (κ2) is 6.83. The molecule has 2 rings (SSSR count). The van der Waals surface area contributed by atoms with Crippen molar-refractivity contribution in [3.05, 3.63) is 29.8 Å². The molecule has 1 aliphatic heterocycles. The van der Waals surface area contributed by atoms with Gasteiger partial charge in [-0.2, -0.15) is 0 Å². The quantitative estimate of drug-likeness (QED) is 0.778. The van der Waals surface area contributed by atoms with Crippen LogP contribution >= 0.6 is 11.8 Å². The Morgan fingerprint density at radius 2 is 1.83 bits per heavy atom. The zero-order chi connectivity index (χ0) is 12.8. The number of hydrogen-bond acceptors (Lipinski definition) is 2. The summed E-state index contributed by atoms with van der Waals surface area (Å²) in [6.45, 7) is 4.00. The first kappa shape index (κ1) is 13.5. The highest BCUT2D eigenvalue weighted by Crippen LogP contribution is 2.22. The summed E-state index contributed by atoms with van der Waals surface area (Å²) in [6, 6.07) is 8.26. The van der Waals surface area contributed by atoms with Crippen molar-refractivity contribution in [2.45, 2.75) is 37.5 Å². The summed E-state index contributed by atoms with van der Waals surface area (Å²) in [5, 5.41) is 0. The number of rotatable bonds is 3. The number of thioether (sulfide) groups is 1. The monoisotopic (exact) mass is 263 g/mol. The van der Waals surface area contributed by atoms with E-state index in [1.54, 1.807) is 11.8 Å². The molecule has 0 N–H and O–H groups in total. The lowest BCUT2D eigenvalue weighted by Gasteiger charge is -2.20. The van der Waals surface area contributed by atoms with Crippen LogP contribution in [0.3, 0.4) is 0 Å². The van der Waals surface area contributed by atoms with Crippen molar-refractivity contribution in [1.82, 2.24) is 4.90 Å². The van der Waals surface area contributed by atoms with Gasteiger partial charge in [-0.25, -0.2) is 0 Å². The van der Waals surface area contributed by atoms with Gasteiger partial charge >= 0.3 is 0 Å². The SMILES string of the molecule is Cc1ccccc1SCC(=O)N1CCCCCC1. The Bertz CT molecular complexity index is 397. The average molecular weight is 263 g/mol. The number of amides is 1. The number of aryl methyl sites for hydroxylation is 1. The molecule has 2 nitrogen and oxygen atoms in total. The molecular weight excluding hydrogens is 242 g/mol. The third kappa shape index (κ3) is 3.77. The van der Waals surface area contributed by atoms with Crippen LogP contribution in [0.2, 0.25) is 0 Å². The van der Waals surface area contributed by atoms with Crippen molar-refractivity contribution in [3.8, 4) is 0 Å². The van der Waals surface area contributed by atoms with Crippen molar-refractivity contribution in [2.24, 2.45) is 0 Å². The van der Waals surface area contributed by atoms with Crippen molar-refractivity contribution < 1.29 is 4.79 Å². The van der Waals surface area contributed by atoms with Crippen LogP contribution in [0.25, 0.3) is 0 Å². The summed E-state index contributed by atoms with van der Waals surface area (Å²) in [5.41, 5.74) is 1.26. The van der Waals surface area contributed by atoms with E-state index < -0.39 is 0 Å². The van der Waals surface area contributed by atoms with Crippen molar-refractivity contribution in [1.29, 1.82) is 0 Å². The molecule has 98 valence electrons. The Morgan fingerprint density at radius 1 is 1.17 bits per heavy atom. The Kier molecular flexibility index (Phi) is 5.12. The van der Waals surface area contributed by atoms with Crippen LogP contribution in [0.1, 0.15) is 31.2 Å². The van der Waals surface area contributed by atoms with Crippen LogP contribution in [-0.4, -0.2) is 29.6 Å². The maximum Gasteiger partial charge on any atom is 0.232 e. The summed E-state index contributed by atoms with van der Waals surface area (Å²) in [4.78, 5) is 15.4. The highest BCUT2D eigenvalue weighted by atomic mass is 32.2. The zero-order valence-electron chi connectivity index (χ0n) is 11.0. The largest absolute Gasteiger partial charge is 0.342 e. The van der Waals surface area contributed by atoms with Crippen LogP contribution in [-0.2, 0) is 4.79 Å². The van der Waals surface area contributed by atoms with E-state index in [0.29, 0.717) is 11.7 Å². The summed E-state index contributed by atoms with van der Waals surface area (Å²) >= 11 is 1.66.